The Morgan fingerprint density at radius 2 is 2.05 bits per heavy atom. The number of aliphatic hydroxyl groups is 1. The molecule has 4 heteroatoms. The van der Waals surface area contributed by atoms with Gasteiger partial charge in [-0.15, -0.1) is 0 Å². The van der Waals surface area contributed by atoms with Gasteiger partial charge in [0.1, 0.15) is 18.5 Å². The van der Waals surface area contributed by atoms with Crippen molar-refractivity contribution < 1.29 is 9.84 Å². The third-order valence-electron chi connectivity index (χ3n) is 3.10. The Labute approximate surface area is 127 Å². The van der Waals surface area contributed by atoms with Crippen LogP contribution in [-0.2, 0) is 0 Å². The Balaban J connectivity index is 2.26. The molecule has 0 amide bonds. The molecule has 0 heterocycles. The average Bonchev–Trinajstić information content (AvgIpc) is 2.40. The minimum absolute atomic E-state index is 0.328. The van der Waals surface area contributed by atoms with Crippen LogP contribution in [0.2, 0.25) is 0 Å². The summed E-state index contributed by atoms with van der Waals surface area (Å²) in [6, 6.07) is 6.11. The first-order chi connectivity index (χ1) is 9.52. The van der Waals surface area contributed by atoms with Crippen molar-refractivity contribution in [1.82, 2.24) is 5.32 Å². The van der Waals surface area contributed by atoms with Gasteiger partial charge in [0, 0.05) is 6.54 Å². The lowest BCUT2D eigenvalue weighted by atomic mass is 10.1. The van der Waals surface area contributed by atoms with Crippen LogP contribution in [0.1, 0.15) is 18.1 Å². The van der Waals surface area contributed by atoms with E-state index in [1.54, 1.807) is 0 Å². The molecule has 0 radical (unpaired) electrons. The molecule has 0 spiro atoms. The average molecular weight is 297 g/mol. The van der Waals surface area contributed by atoms with Crippen molar-refractivity contribution in [3.05, 3.63) is 29.3 Å². The fraction of sp³-hybridized carbons (Fsp3) is 0.625. The van der Waals surface area contributed by atoms with Crippen molar-refractivity contribution >= 4 is 11.8 Å². The van der Waals surface area contributed by atoms with Gasteiger partial charge in [-0.3, -0.25) is 0 Å². The lowest BCUT2D eigenvalue weighted by Crippen LogP contribution is -2.34. The predicted molar refractivity (Wildman–Crippen MR) is 87.8 cm³/mol. The Morgan fingerprint density at radius 3 is 2.75 bits per heavy atom. The highest BCUT2D eigenvalue weighted by molar-refractivity contribution is 7.98. The van der Waals surface area contributed by atoms with E-state index >= 15 is 0 Å². The number of hydrogen-bond acceptors (Lipinski definition) is 4. The second-order valence-corrected chi connectivity index (χ2v) is 6.36. The third kappa shape index (κ3) is 6.64. The Bertz CT molecular complexity index is 398. The first-order valence-electron chi connectivity index (χ1n) is 7.10. The summed E-state index contributed by atoms with van der Waals surface area (Å²) in [5.74, 6) is 2.62. The molecule has 1 rings (SSSR count). The quantitative estimate of drug-likeness (QED) is 0.735. The maximum Gasteiger partial charge on any atom is 0.122 e. The second kappa shape index (κ2) is 9.27. The SMILES string of the molecule is CSCC(C)CNCC(O)COc1cc(C)ccc1C. The van der Waals surface area contributed by atoms with Gasteiger partial charge in [0.05, 0.1) is 0 Å². The summed E-state index contributed by atoms with van der Waals surface area (Å²) < 4.78 is 5.69. The lowest BCUT2D eigenvalue weighted by Gasteiger charge is -2.16. The smallest absolute Gasteiger partial charge is 0.122 e. The molecule has 0 aliphatic carbocycles. The van der Waals surface area contributed by atoms with E-state index in [1.807, 2.05) is 37.7 Å². The zero-order valence-electron chi connectivity index (χ0n) is 13.0. The van der Waals surface area contributed by atoms with Gasteiger partial charge in [0.15, 0.2) is 0 Å². The van der Waals surface area contributed by atoms with E-state index in [0.29, 0.717) is 19.1 Å². The molecular weight excluding hydrogens is 270 g/mol. The van der Waals surface area contributed by atoms with Crippen molar-refractivity contribution in [1.29, 1.82) is 0 Å². The molecule has 1 aromatic carbocycles. The minimum Gasteiger partial charge on any atom is -0.491 e. The Morgan fingerprint density at radius 1 is 1.30 bits per heavy atom. The van der Waals surface area contributed by atoms with Gasteiger partial charge in [0.25, 0.3) is 0 Å². The van der Waals surface area contributed by atoms with Gasteiger partial charge in [0.2, 0.25) is 0 Å². The number of aryl methyl sites for hydroxylation is 2. The third-order valence-corrected chi connectivity index (χ3v) is 4.00. The van der Waals surface area contributed by atoms with Gasteiger partial charge >= 0.3 is 0 Å². The number of aliphatic hydroxyl groups excluding tert-OH is 1. The summed E-state index contributed by atoms with van der Waals surface area (Å²) in [6.07, 6.45) is 1.64. The zero-order valence-corrected chi connectivity index (χ0v) is 13.8. The van der Waals surface area contributed by atoms with Crippen LogP contribution in [0.5, 0.6) is 5.75 Å². The minimum atomic E-state index is -0.476. The predicted octanol–water partition coefficient (Wildman–Crippen LogP) is 2.63. The first kappa shape index (κ1) is 17.3. The van der Waals surface area contributed by atoms with E-state index < -0.39 is 6.10 Å². The Hall–Kier alpha value is -0.710. The van der Waals surface area contributed by atoms with Crippen molar-refractivity contribution in [2.45, 2.75) is 26.9 Å². The van der Waals surface area contributed by atoms with E-state index in [1.165, 1.54) is 5.56 Å². The molecule has 2 unspecified atom stereocenters. The molecule has 0 saturated carbocycles. The summed E-state index contributed by atoms with van der Waals surface area (Å²) in [5, 5.41) is 13.2. The molecular formula is C16H27NO2S. The number of nitrogens with one attached hydrogen (secondary N) is 1. The molecule has 0 aliphatic rings. The van der Waals surface area contributed by atoms with E-state index in [9.17, 15) is 5.11 Å². The van der Waals surface area contributed by atoms with Gasteiger partial charge in [-0.2, -0.15) is 11.8 Å². The van der Waals surface area contributed by atoms with Crippen molar-refractivity contribution in [3.63, 3.8) is 0 Å². The summed E-state index contributed by atoms with van der Waals surface area (Å²) in [7, 11) is 0. The highest BCUT2D eigenvalue weighted by atomic mass is 32.2. The molecule has 0 saturated heterocycles. The monoisotopic (exact) mass is 297 g/mol. The molecule has 0 aromatic heterocycles. The van der Waals surface area contributed by atoms with E-state index in [0.717, 1.165) is 23.6 Å². The molecule has 20 heavy (non-hydrogen) atoms. The molecule has 0 bridgehead atoms. The van der Waals surface area contributed by atoms with E-state index in [-0.39, 0.29) is 0 Å². The molecule has 2 N–H and O–H groups in total. The number of hydrogen-bond donors (Lipinski definition) is 2. The molecule has 114 valence electrons. The van der Waals surface area contributed by atoms with Gasteiger partial charge < -0.3 is 15.2 Å². The van der Waals surface area contributed by atoms with E-state index in [2.05, 4.69) is 24.6 Å². The van der Waals surface area contributed by atoms with Crippen molar-refractivity contribution in [2.24, 2.45) is 5.92 Å². The largest absolute Gasteiger partial charge is 0.491 e. The highest BCUT2D eigenvalue weighted by Crippen LogP contribution is 2.19. The topological polar surface area (TPSA) is 41.5 Å². The van der Waals surface area contributed by atoms with Crippen molar-refractivity contribution in [3.8, 4) is 5.75 Å². The van der Waals surface area contributed by atoms with Crippen molar-refractivity contribution in [2.75, 3.05) is 31.7 Å². The van der Waals surface area contributed by atoms with Gasteiger partial charge in [-0.1, -0.05) is 19.1 Å². The summed E-state index contributed by atoms with van der Waals surface area (Å²) in [4.78, 5) is 0. The molecule has 0 fully saturated rings. The second-order valence-electron chi connectivity index (χ2n) is 5.45. The van der Waals surface area contributed by atoms with Crippen LogP contribution >= 0.6 is 11.8 Å². The number of rotatable bonds is 9. The molecule has 3 nitrogen and oxygen atoms in total. The summed E-state index contributed by atoms with van der Waals surface area (Å²) >= 11 is 1.85. The fourth-order valence-corrected chi connectivity index (χ4v) is 2.63. The maximum atomic E-state index is 9.92. The normalized spacial score (nSPS) is 14.1. The number of ether oxygens (including phenoxy) is 1. The van der Waals surface area contributed by atoms with Crippen LogP contribution < -0.4 is 10.1 Å². The number of thioether (sulfide) groups is 1. The first-order valence-corrected chi connectivity index (χ1v) is 8.50. The van der Waals surface area contributed by atoms with Gasteiger partial charge in [-0.25, -0.2) is 0 Å². The lowest BCUT2D eigenvalue weighted by molar-refractivity contribution is 0.105. The molecule has 1 aromatic rings. The van der Waals surface area contributed by atoms with E-state index in [4.69, 9.17) is 4.74 Å². The van der Waals surface area contributed by atoms with Crippen LogP contribution in [0.3, 0.4) is 0 Å². The standard InChI is InChI=1S/C16H27NO2S/c1-12-5-6-14(3)16(7-12)19-10-15(18)9-17-8-13(2)11-20-4/h5-7,13,15,17-18H,8-11H2,1-4H3. The fourth-order valence-electron chi connectivity index (χ4n) is 1.95. The van der Waals surface area contributed by atoms with Crippen LogP contribution in [0.15, 0.2) is 18.2 Å². The van der Waals surface area contributed by atoms with Crippen LogP contribution in [0.25, 0.3) is 0 Å². The van der Waals surface area contributed by atoms with Gasteiger partial charge in [-0.05, 0) is 55.5 Å². The highest BCUT2D eigenvalue weighted by Gasteiger charge is 2.08. The molecule has 0 aliphatic heterocycles. The molecule has 2 atom stereocenters. The summed E-state index contributed by atoms with van der Waals surface area (Å²) in [5.41, 5.74) is 2.27. The summed E-state index contributed by atoms with van der Waals surface area (Å²) in [6.45, 7) is 8.10. The van der Waals surface area contributed by atoms with Crippen LogP contribution in [0, 0.1) is 19.8 Å². The van der Waals surface area contributed by atoms with Crippen LogP contribution in [0.4, 0.5) is 0 Å². The zero-order chi connectivity index (χ0) is 15.0. The number of benzene rings is 1. The van der Waals surface area contributed by atoms with Crippen LogP contribution in [-0.4, -0.2) is 42.9 Å². The Kier molecular flexibility index (Phi) is 8.04. The maximum absolute atomic E-state index is 9.92.